The highest BCUT2D eigenvalue weighted by Crippen LogP contribution is 2.34. The van der Waals surface area contributed by atoms with Gasteiger partial charge in [-0.3, -0.25) is 4.79 Å². The van der Waals surface area contributed by atoms with E-state index in [1.165, 1.54) is 11.3 Å². The maximum absolute atomic E-state index is 12.5. The Morgan fingerprint density at radius 1 is 1.00 bits per heavy atom. The molecule has 1 amide bonds. The van der Waals surface area contributed by atoms with Crippen molar-refractivity contribution >= 4 is 17.2 Å². The summed E-state index contributed by atoms with van der Waals surface area (Å²) in [6.07, 6.45) is 0. The van der Waals surface area contributed by atoms with Crippen molar-refractivity contribution in [1.29, 1.82) is 0 Å². The summed E-state index contributed by atoms with van der Waals surface area (Å²) in [4.78, 5) is 17.0. The summed E-state index contributed by atoms with van der Waals surface area (Å²) in [5.41, 5.74) is 2.91. The molecule has 7 nitrogen and oxygen atoms in total. The Bertz CT molecular complexity index is 1190. The molecule has 0 saturated carbocycles. The largest absolute Gasteiger partial charge is 0.486 e. The lowest BCUT2D eigenvalue weighted by atomic mass is 10.1. The van der Waals surface area contributed by atoms with Gasteiger partial charge in [0.2, 0.25) is 0 Å². The average molecular weight is 419 g/mol. The van der Waals surface area contributed by atoms with Gasteiger partial charge in [-0.25, -0.2) is 4.98 Å². The molecule has 2 aromatic heterocycles. The third kappa shape index (κ3) is 3.77. The van der Waals surface area contributed by atoms with Gasteiger partial charge in [0.1, 0.15) is 18.2 Å². The fourth-order valence-corrected chi connectivity index (χ4v) is 3.84. The summed E-state index contributed by atoms with van der Waals surface area (Å²) < 4.78 is 16.5. The lowest BCUT2D eigenvalue weighted by molar-refractivity contribution is 0.0942. The number of benzene rings is 2. The second-order valence-corrected chi connectivity index (χ2v) is 7.55. The standard InChI is InChI=1S/C22H17N3O4S/c26-22(23-12-21-24-17(13-30-21)14-4-2-1-3-5-14)16-11-19(29-25-16)15-6-7-18-20(10-15)28-9-8-27-18/h1-7,10-11,13H,8-9,12H2,(H,23,26). The molecular weight excluding hydrogens is 402 g/mol. The molecule has 0 atom stereocenters. The predicted octanol–water partition coefficient (Wildman–Crippen LogP) is 4.17. The summed E-state index contributed by atoms with van der Waals surface area (Å²) >= 11 is 1.50. The van der Waals surface area contributed by atoms with Crippen LogP contribution in [0.2, 0.25) is 0 Å². The van der Waals surface area contributed by atoms with Crippen LogP contribution in [0.1, 0.15) is 15.5 Å². The van der Waals surface area contributed by atoms with Crippen LogP contribution in [-0.2, 0) is 6.54 Å². The molecule has 0 fully saturated rings. The Balaban J connectivity index is 1.25. The van der Waals surface area contributed by atoms with Gasteiger partial charge in [-0.15, -0.1) is 11.3 Å². The minimum Gasteiger partial charge on any atom is -0.486 e. The van der Waals surface area contributed by atoms with Crippen molar-refractivity contribution in [2.24, 2.45) is 0 Å². The Morgan fingerprint density at radius 2 is 1.83 bits per heavy atom. The van der Waals surface area contributed by atoms with Gasteiger partial charge in [-0.05, 0) is 18.2 Å². The lowest BCUT2D eigenvalue weighted by Gasteiger charge is -2.18. The minimum atomic E-state index is -0.320. The Hall–Kier alpha value is -3.65. The molecule has 4 aromatic rings. The second kappa shape index (κ2) is 8.00. The number of amides is 1. The second-order valence-electron chi connectivity index (χ2n) is 6.61. The molecule has 3 heterocycles. The number of hydrogen-bond acceptors (Lipinski definition) is 7. The quantitative estimate of drug-likeness (QED) is 0.523. The van der Waals surface area contributed by atoms with Crippen LogP contribution in [0.25, 0.3) is 22.6 Å². The number of thiazole rings is 1. The SMILES string of the molecule is O=C(NCc1nc(-c2ccccc2)cs1)c1cc(-c2ccc3c(c2)OCCO3)on1. The van der Waals surface area contributed by atoms with Crippen LogP contribution >= 0.6 is 11.3 Å². The summed E-state index contributed by atoms with van der Waals surface area (Å²) in [6, 6.07) is 17.0. The number of fused-ring (bicyclic) bond motifs is 1. The van der Waals surface area contributed by atoms with E-state index in [0.29, 0.717) is 37.0 Å². The van der Waals surface area contributed by atoms with Gasteiger partial charge in [-0.2, -0.15) is 0 Å². The van der Waals surface area contributed by atoms with Gasteiger partial charge in [0, 0.05) is 22.6 Å². The number of ether oxygens (including phenoxy) is 2. The van der Waals surface area contributed by atoms with Crippen molar-refractivity contribution in [1.82, 2.24) is 15.5 Å². The first kappa shape index (κ1) is 18.4. The normalized spacial score (nSPS) is 12.5. The third-order valence-electron chi connectivity index (χ3n) is 4.59. The van der Waals surface area contributed by atoms with Gasteiger partial charge in [0.25, 0.3) is 5.91 Å². The summed E-state index contributed by atoms with van der Waals surface area (Å²) in [5, 5.41) is 9.53. The molecule has 0 saturated heterocycles. The van der Waals surface area contributed by atoms with Crippen LogP contribution in [0.5, 0.6) is 11.5 Å². The van der Waals surface area contributed by atoms with E-state index in [0.717, 1.165) is 21.8 Å². The molecule has 1 aliphatic rings. The Morgan fingerprint density at radius 3 is 2.70 bits per heavy atom. The maximum atomic E-state index is 12.5. The van der Waals surface area contributed by atoms with Crippen molar-refractivity contribution in [2.75, 3.05) is 13.2 Å². The molecule has 1 aliphatic heterocycles. The molecule has 0 spiro atoms. The lowest BCUT2D eigenvalue weighted by Crippen LogP contribution is -2.22. The first-order valence-electron chi connectivity index (χ1n) is 9.41. The van der Waals surface area contributed by atoms with Crippen molar-refractivity contribution in [2.45, 2.75) is 6.54 Å². The Labute approximate surface area is 176 Å². The van der Waals surface area contributed by atoms with E-state index >= 15 is 0 Å². The number of aromatic nitrogens is 2. The molecule has 5 rings (SSSR count). The highest BCUT2D eigenvalue weighted by Gasteiger charge is 2.17. The molecule has 8 heteroatoms. The maximum Gasteiger partial charge on any atom is 0.273 e. The number of hydrogen-bond donors (Lipinski definition) is 1. The number of rotatable bonds is 5. The van der Waals surface area contributed by atoms with Crippen LogP contribution in [-0.4, -0.2) is 29.3 Å². The van der Waals surface area contributed by atoms with Crippen molar-refractivity contribution < 1.29 is 18.8 Å². The van der Waals surface area contributed by atoms with Crippen LogP contribution in [0.4, 0.5) is 0 Å². The molecule has 0 unspecified atom stereocenters. The van der Waals surface area contributed by atoms with Crippen molar-refractivity contribution in [3.8, 4) is 34.1 Å². The molecular formula is C22H17N3O4S. The van der Waals surface area contributed by atoms with Crippen LogP contribution in [0.15, 0.2) is 64.5 Å². The van der Waals surface area contributed by atoms with Crippen LogP contribution in [0.3, 0.4) is 0 Å². The highest BCUT2D eigenvalue weighted by atomic mass is 32.1. The van der Waals surface area contributed by atoms with Crippen LogP contribution in [0, 0.1) is 0 Å². The fraction of sp³-hybridized carbons (Fsp3) is 0.136. The number of carbonyl (C=O) groups excluding carboxylic acids is 1. The van der Waals surface area contributed by atoms with E-state index in [4.69, 9.17) is 14.0 Å². The molecule has 30 heavy (non-hydrogen) atoms. The number of nitrogens with zero attached hydrogens (tertiary/aromatic N) is 2. The summed E-state index contributed by atoms with van der Waals surface area (Å²) in [6.45, 7) is 1.36. The van der Waals surface area contributed by atoms with Crippen molar-refractivity contribution in [3.05, 3.63) is 70.7 Å². The van der Waals surface area contributed by atoms with E-state index in [1.807, 2.05) is 53.9 Å². The highest BCUT2D eigenvalue weighted by molar-refractivity contribution is 7.09. The van der Waals surface area contributed by atoms with E-state index in [2.05, 4.69) is 15.5 Å². The van der Waals surface area contributed by atoms with E-state index in [1.54, 1.807) is 6.07 Å². The van der Waals surface area contributed by atoms with Gasteiger partial charge < -0.3 is 19.3 Å². The number of nitrogens with one attached hydrogen (secondary N) is 1. The molecule has 150 valence electrons. The average Bonchev–Trinajstić information content (AvgIpc) is 3.48. The zero-order valence-corrected chi connectivity index (χ0v) is 16.6. The summed E-state index contributed by atoms with van der Waals surface area (Å²) in [7, 11) is 0. The third-order valence-corrected chi connectivity index (χ3v) is 5.44. The van der Waals surface area contributed by atoms with E-state index < -0.39 is 0 Å². The topological polar surface area (TPSA) is 86.5 Å². The van der Waals surface area contributed by atoms with E-state index in [9.17, 15) is 4.79 Å². The van der Waals surface area contributed by atoms with E-state index in [-0.39, 0.29) is 11.6 Å². The molecule has 0 bridgehead atoms. The first-order valence-corrected chi connectivity index (χ1v) is 10.3. The minimum absolute atomic E-state index is 0.208. The van der Waals surface area contributed by atoms with Crippen LogP contribution < -0.4 is 14.8 Å². The molecule has 0 aliphatic carbocycles. The number of carbonyl (C=O) groups is 1. The smallest absolute Gasteiger partial charge is 0.273 e. The Kier molecular flexibility index (Phi) is 4.90. The van der Waals surface area contributed by atoms with Crippen molar-refractivity contribution in [3.63, 3.8) is 0 Å². The monoisotopic (exact) mass is 419 g/mol. The molecule has 0 radical (unpaired) electrons. The zero-order chi connectivity index (χ0) is 20.3. The first-order chi connectivity index (χ1) is 14.8. The molecule has 1 N–H and O–H groups in total. The van der Waals surface area contributed by atoms with Gasteiger partial charge in [0.05, 0.1) is 12.2 Å². The fourth-order valence-electron chi connectivity index (χ4n) is 3.09. The van der Waals surface area contributed by atoms with Gasteiger partial charge in [0.15, 0.2) is 23.0 Å². The zero-order valence-electron chi connectivity index (χ0n) is 15.8. The van der Waals surface area contributed by atoms with Gasteiger partial charge >= 0.3 is 0 Å². The predicted molar refractivity (Wildman–Crippen MR) is 112 cm³/mol. The van der Waals surface area contributed by atoms with Gasteiger partial charge in [-0.1, -0.05) is 35.5 Å². The summed E-state index contributed by atoms with van der Waals surface area (Å²) in [5.74, 6) is 1.51. The molecule has 2 aromatic carbocycles.